The Kier molecular flexibility index (Phi) is 6.48. The first kappa shape index (κ1) is 22.2. The van der Waals surface area contributed by atoms with Crippen molar-refractivity contribution in [3.05, 3.63) is 12.2 Å². The fourth-order valence-electron chi connectivity index (χ4n) is 1.18. The quantitative estimate of drug-likeness (QED) is 0.444. The van der Waals surface area contributed by atoms with Crippen molar-refractivity contribution in [1.82, 2.24) is 0 Å². The molecule has 0 aromatic heterocycles. The molecule has 11 heteroatoms. The Morgan fingerprint density at radius 1 is 0.958 bits per heavy atom. The van der Waals surface area contributed by atoms with Crippen LogP contribution < -0.4 is 0 Å². The molecule has 0 spiro atoms. The number of rotatable bonds is 6. The highest BCUT2D eigenvalue weighted by Crippen LogP contribution is 2.44. The standard InChI is InChI=1S/C13H16F6O5/c1-7(2)8(20)23-5-10(3,4)6-24-9(21)11(22,12(14,15)16)13(17,18)19/h22H,1,5-6H2,2-4H3. The summed E-state index contributed by atoms with van der Waals surface area (Å²) in [4.78, 5) is 22.4. The normalized spacial score (nSPS) is 13.4. The highest BCUT2D eigenvalue weighted by Gasteiger charge is 2.76. The summed E-state index contributed by atoms with van der Waals surface area (Å²) in [6.07, 6.45) is -12.6. The molecular formula is C13H16F6O5. The third-order valence-corrected chi connectivity index (χ3v) is 2.65. The van der Waals surface area contributed by atoms with Gasteiger partial charge >= 0.3 is 29.9 Å². The van der Waals surface area contributed by atoms with E-state index in [0.29, 0.717) is 0 Å². The zero-order valence-corrected chi connectivity index (χ0v) is 13.0. The number of aliphatic hydroxyl groups is 1. The SMILES string of the molecule is C=C(C)C(=O)OCC(C)(C)COC(=O)C(O)(C(F)(F)F)C(F)(F)F. The first-order valence-corrected chi connectivity index (χ1v) is 6.31. The Morgan fingerprint density at radius 2 is 1.33 bits per heavy atom. The average molecular weight is 366 g/mol. The van der Waals surface area contributed by atoms with Crippen molar-refractivity contribution in [2.24, 2.45) is 5.41 Å². The first-order chi connectivity index (χ1) is 10.5. The molecule has 0 aromatic carbocycles. The van der Waals surface area contributed by atoms with Crippen LogP contribution >= 0.6 is 0 Å². The first-order valence-electron chi connectivity index (χ1n) is 6.31. The third kappa shape index (κ3) is 5.11. The van der Waals surface area contributed by atoms with Crippen LogP contribution in [0, 0.1) is 5.41 Å². The van der Waals surface area contributed by atoms with Crippen molar-refractivity contribution >= 4 is 11.9 Å². The largest absolute Gasteiger partial charge is 0.462 e. The summed E-state index contributed by atoms with van der Waals surface area (Å²) >= 11 is 0. The molecule has 0 aliphatic rings. The number of ether oxygens (including phenoxy) is 2. The molecule has 0 unspecified atom stereocenters. The maximum atomic E-state index is 12.5. The molecule has 0 aliphatic heterocycles. The van der Waals surface area contributed by atoms with Gasteiger partial charge < -0.3 is 14.6 Å². The van der Waals surface area contributed by atoms with E-state index in [1.54, 1.807) is 0 Å². The van der Waals surface area contributed by atoms with Gasteiger partial charge in [0, 0.05) is 11.0 Å². The van der Waals surface area contributed by atoms with Gasteiger partial charge in [-0.1, -0.05) is 20.4 Å². The molecule has 1 N–H and O–H groups in total. The summed E-state index contributed by atoms with van der Waals surface area (Å²) < 4.78 is 83.4. The average Bonchev–Trinajstić information content (AvgIpc) is 2.38. The molecule has 0 saturated heterocycles. The van der Waals surface area contributed by atoms with Crippen LogP contribution in [0.25, 0.3) is 0 Å². The molecule has 0 fully saturated rings. The number of carbonyl (C=O) groups is 2. The van der Waals surface area contributed by atoms with Crippen molar-refractivity contribution in [3.63, 3.8) is 0 Å². The maximum Gasteiger partial charge on any atom is 0.437 e. The molecular weight excluding hydrogens is 350 g/mol. The second kappa shape index (κ2) is 6.99. The van der Waals surface area contributed by atoms with Crippen molar-refractivity contribution in [1.29, 1.82) is 0 Å². The van der Waals surface area contributed by atoms with E-state index in [1.165, 1.54) is 20.8 Å². The summed E-state index contributed by atoms with van der Waals surface area (Å²) in [5.74, 6) is -3.75. The second-order valence-corrected chi connectivity index (χ2v) is 5.80. The van der Waals surface area contributed by atoms with Crippen LogP contribution in [-0.2, 0) is 19.1 Å². The lowest BCUT2D eigenvalue weighted by Gasteiger charge is -2.31. The van der Waals surface area contributed by atoms with Crippen LogP contribution in [0.2, 0.25) is 0 Å². The van der Waals surface area contributed by atoms with Crippen LogP contribution in [0.5, 0.6) is 0 Å². The molecule has 0 aromatic rings. The fourth-order valence-corrected chi connectivity index (χ4v) is 1.18. The molecule has 0 heterocycles. The smallest absolute Gasteiger partial charge is 0.437 e. The Bertz CT molecular complexity index is 492. The van der Waals surface area contributed by atoms with Crippen LogP contribution in [0.1, 0.15) is 20.8 Å². The highest BCUT2D eigenvalue weighted by molar-refractivity contribution is 5.86. The highest BCUT2D eigenvalue weighted by atomic mass is 19.4. The van der Waals surface area contributed by atoms with Crippen LogP contribution in [0.4, 0.5) is 26.3 Å². The molecule has 0 aliphatic carbocycles. The van der Waals surface area contributed by atoms with Gasteiger partial charge in [-0.2, -0.15) is 26.3 Å². The minimum absolute atomic E-state index is 0.0197. The van der Waals surface area contributed by atoms with E-state index in [-0.39, 0.29) is 5.57 Å². The molecule has 0 atom stereocenters. The van der Waals surface area contributed by atoms with E-state index >= 15 is 0 Å². The van der Waals surface area contributed by atoms with Crippen LogP contribution in [-0.4, -0.2) is 48.2 Å². The number of hydrogen-bond donors (Lipinski definition) is 1. The molecule has 0 radical (unpaired) electrons. The predicted molar refractivity (Wildman–Crippen MR) is 67.6 cm³/mol. The lowest BCUT2D eigenvalue weighted by Crippen LogP contribution is -2.63. The van der Waals surface area contributed by atoms with Crippen molar-refractivity contribution in [3.8, 4) is 0 Å². The number of esters is 2. The summed E-state index contributed by atoms with van der Waals surface area (Å²) in [5.41, 5.74) is -6.94. The van der Waals surface area contributed by atoms with Crippen molar-refractivity contribution in [2.75, 3.05) is 13.2 Å². The lowest BCUT2D eigenvalue weighted by molar-refractivity contribution is -0.357. The molecule has 5 nitrogen and oxygen atoms in total. The Hall–Kier alpha value is -1.78. The van der Waals surface area contributed by atoms with Crippen LogP contribution in [0.15, 0.2) is 12.2 Å². The molecule has 140 valence electrons. The Labute approximate surface area is 133 Å². The third-order valence-electron chi connectivity index (χ3n) is 2.65. The minimum Gasteiger partial charge on any atom is -0.462 e. The second-order valence-electron chi connectivity index (χ2n) is 5.80. The van der Waals surface area contributed by atoms with E-state index in [4.69, 9.17) is 5.11 Å². The minimum atomic E-state index is -6.32. The van der Waals surface area contributed by atoms with Gasteiger partial charge in [0.1, 0.15) is 0 Å². The fraction of sp³-hybridized carbons (Fsp3) is 0.692. The number of hydrogen-bond acceptors (Lipinski definition) is 5. The predicted octanol–water partition coefficient (Wildman–Crippen LogP) is 2.53. The monoisotopic (exact) mass is 366 g/mol. The topological polar surface area (TPSA) is 72.8 Å². The van der Waals surface area contributed by atoms with E-state index in [0.717, 1.165) is 0 Å². The zero-order chi connectivity index (χ0) is 19.6. The van der Waals surface area contributed by atoms with Crippen molar-refractivity contribution in [2.45, 2.75) is 38.7 Å². The van der Waals surface area contributed by atoms with Gasteiger partial charge in [-0.05, 0) is 6.92 Å². The van der Waals surface area contributed by atoms with E-state index in [9.17, 15) is 35.9 Å². The van der Waals surface area contributed by atoms with Gasteiger partial charge in [0.15, 0.2) is 0 Å². The maximum absolute atomic E-state index is 12.5. The van der Waals surface area contributed by atoms with Gasteiger partial charge in [-0.3, -0.25) is 0 Å². The number of carbonyl (C=O) groups excluding carboxylic acids is 2. The van der Waals surface area contributed by atoms with E-state index in [1.807, 2.05) is 0 Å². The molecule has 0 saturated carbocycles. The van der Waals surface area contributed by atoms with Crippen LogP contribution in [0.3, 0.4) is 0 Å². The van der Waals surface area contributed by atoms with E-state index < -0.39 is 48.5 Å². The number of halogens is 6. The van der Waals surface area contributed by atoms with Gasteiger partial charge in [-0.15, -0.1) is 0 Å². The molecule has 0 amide bonds. The van der Waals surface area contributed by atoms with Gasteiger partial charge in [0.25, 0.3) is 0 Å². The molecule has 0 rings (SSSR count). The van der Waals surface area contributed by atoms with Gasteiger partial charge in [0.05, 0.1) is 13.2 Å². The van der Waals surface area contributed by atoms with Gasteiger partial charge in [0.2, 0.25) is 0 Å². The summed E-state index contributed by atoms with van der Waals surface area (Å²) in [6, 6.07) is 0. The summed E-state index contributed by atoms with van der Waals surface area (Å²) in [5, 5.41) is 8.82. The lowest BCUT2D eigenvalue weighted by atomic mass is 9.96. The van der Waals surface area contributed by atoms with E-state index in [2.05, 4.69) is 16.1 Å². The Morgan fingerprint density at radius 3 is 1.67 bits per heavy atom. The zero-order valence-electron chi connectivity index (χ0n) is 13.0. The molecule has 0 bridgehead atoms. The molecule has 24 heavy (non-hydrogen) atoms. The van der Waals surface area contributed by atoms with Gasteiger partial charge in [-0.25, -0.2) is 9.59 Å². The summed E-state index contributed by atoms with van der Waals surface area (Å²) in [6.45, 7) is 5.67. The van der Waals surface area contributed by atoms with Crippen molar-refractivity contribution < 1.29 is 50.5 Å². The number of alkyl halides is 6. The summed E-state index contributed by atoms with van der Waals surface area (Å²) in [7, 11) is 0. The Balaban J connectivity index is 5.04.